The van der Waals surface area contributed by atoms with Crippen LogP contribution in [0, 0.1) is 12.8 Å². The first-order valence-electron chi connectivity index (χ1n) is 6.42. The van der Waals surface area contributed by atoms with E-state index in [1.165, 1.54) is 6.42 Å². The average molecular weight is 303 g/mol. The number of hydrogen-bond acceptors (Lipinski definition) is 2. The topological polar surface area (TPSA) is 41.1 Å². The Hall–Kier alpha value is -0.770. The summed E-state index contributed by atoms with van der Waals surface area (Å²) >= 11 is 6.01. The molecule has 1 amide bonds. The van der Waals surface area contributed by atoms with Crippen LogP contribution in [0.2, 0.25) is 5.02 Å². The first-order valence-corrected chi connectivity index (χ1v) is 6.80. The Bertz CT molecular complexity index is 431. The summed E-state index contributed by atoms with van der Waals surface area (Å²) < 4.78 is 0. The maximum absolute atomic E-state index is 12.0. The van der Waals surface area contributed by atoms with Gasteiger partial charge in [0.25, 0.3) is 5.91 Å². The highest BCUT2D eigenvalue weighted by Gasteiger charge is 2.15. The first-order chi connectivity index (χ1) is 8.68. The predicted molar refractivity (Wildman–Crippen MR) is 81.4 cm³/mol. The molecule has 1 heterocycles. The fourth-order valence-corrected chi connectivity index (χ4v) is 2.47. The van der Waals surface area contributed by atoms with Crippen LogP contribution in [0.1, 0.15) is 28.8 Å². The monoisotopic (exact) mass is 302 g/mol. The lowest BCUT2D eigenvalue weighted by atomic mass is 10.0. The van der Waals surface area contributed by atoms with E-state index in [-0.39, 0.29) is 18.3 Å². The second-order valence-electron chi connectivity index (χ2n) is 4.82. The molecule has 19 heavy (non-hydrogen) atoms. The second kappa shape index (κ2) is 7.73. The van der Waals surface area contributed by atoms with Crippen molar-refractivity contribution in [3.05, 3.63) is 34.3 Å². The number of rotatable bonds is 4. The molecule has 3 nitrogen and oxygen atoms in total. The quantitative estimate of drug-likeness (QED) is 0.898. The Morgan fingerprint density at radius 1 is 1.53 bits per heavy atom. The van der Waals surface area contributed by atoms with Crippen LogP contribution in [0.25, 0.3) is 0 Å². The van der Waals surface area contributed by atoms with Crippen LogP contribution in [-0.4, -0.2) is 25.5 Å². The Labute approximate surface area is 125 Å². The molecule has 106 valence electrons. The van der Waals surface area contributed by atoms with Crippen molar-refractivity contribution in [2.45, 2.75) is 19.8 Å². The van der Waals surface area contributed by atoms with Gasteiger partial charge in [0.2, 0.25) is 0 Å². The minimum Gasteiger partial charge on any atom is -0.352 e. The van der Waals surface area contributed by atoms with Crippen LogP contribution in [0.3, 0.4) is 0 Å². The lowest BCUT2D eigenvalue weighted by Gasteiger charge is -2.11. The first kappa shape index (κ1) is 16.3. The van der Waals surface area contributed by atoms with E-state index in [9.17, 15) is 4.79 Å². The Morgan fingerprint density at radius 2 is 2.32 bits per heavy atom. The van der Waals surface area contributed by atoms with Crippen LogP contribution in [0.4, 0.5) is 0 Å². The lowest BCUT2D eigenvalue weighted by Crippen LogP contribution is -2.27. The molecule has 0 radical (unpaired) electrons. The number of halogens is 2. The van der Waals surface area contributed by atoms with E-state index in [1.54, 1.807) is 6.07 Å². The van der Waals surface area contributed by atoms with E-state index in [0.29, 0.717) is 16.5 Å². The molecule has 0 saturated carbocycles. The molecule has 1 aromatic carbocycles. The third-order valence-corrected chi connectivity index (χ3v) is 3.92. The number of carbonyl (C=O) groups is 1. The van der Waals surface area contributed by atoms with Gasteiger partial charge in [-0.3, -0.25) is 4.79 Å². The third kappa shape index (κ3) is 4.37. The highest BCUT2D eigenvalue weighted by atomic mass is 35.5. The molecule has 5 heteroatoms. The van der Waals surface area contributed by atoms with Gasteiger partial charge in [-0.05, 0) is 56.5 Å². The minimum atomic E-state index is -0.0269. The molecule has 1 unspecified atom stereocenters. The summed E-state index contributed by atoms with van der Waals surface area (Å²) in [6.45, 7) is 4.79. The molecule has 1 aliphatic rings. The summed E-state index contributed by atoms with van der Waals surface area (Å²) in [5.74, 6) is 0.673. The molecule has 2 N–H and O–H groups in total. The van der Waals surface area contributed by atoms with Crippen LogP contribution >= 0.6 is 24.0 Å². The molecule has 0 aromatic heterocycles. The van der Waals surface area contributed by atoms with Crippen molar-refractivity contribution < 1.29 is 4.79 Å². The summed E-state index contributed by atoms with van der Waals surface area (Å²) in [6.07, 6.45) is 2.25. The van der Waals surface area contributed by atoms with Crippen molar-refractivity contribution in [3.63, 3.8) is 0 Å². The molecule has 1 fully saturated rings. The smallest absolute Gasteiger partial charge is 0.251 e. The second-order valence-corrected chi connectivity index (χ2v) is 5.22. The maximum Gasteiger partial charge on any atom is 0.251 e. The third-order valence-electron chi connectivity index (χ3n) is 3.51. The van der Waals surface area contributed by atoms with Crippen molar-refractivity contribution in [2.24, 2.45) is 5.92 Å². The van der Waals surface area contributed by atoms with Gasteiger partial charge in [0.1, 0.15) is 0 Å². The highest BCUT2D eigenvalue weighted by Crippen LogP contribution is 2.18. The molecule has 1 aliphatic heterocycles. The molecular formula is C14H20Cl2N2O. The fourth-order valence-electron chi connectivity index (χ4n) is 2.30. The van der Waals surface area contributed by atoms with E-state index < -0.39 is 0 Å². The van der Waals surface area contributed by atoms with Crippen molar-refractivity contribution in [2.75, 3.05) is 19.6 Å². The zero-order valence-electron chi connectivity index (χ0n) is 11.0. The predicted octanol–water partition coefficient (Wildman–Crippen LogP) is 2.80. The fraction of sp³-hybridized carbons (Fsp3) is 0.500. The summed E-state index contributed by atoms with van der Waals surface area (Å²) in [5.41, 5.74) is 1.52. The zero-order chi connectivity index (χ0) is 13.0. The van der Waals surface area contributed by atoms with E-state index >= 15 is 0 Å². The van der Waals surface area contributed by atoms with Gasteiger partial charge in [-0.15, -0.1) is 12.4 Å². The number of hydrogen-bond donors (Lipinski definition) is 2. The van der Waals surface area contributed by atoms with Crippen molar-refractivity contribution >= 4 is 29.9 Å². The van der Waals surface area contributed by atoms with E-state index in [1.807, 2.05) is 19.1 Å². The lowest BCUT2D eigenvalue weighted by molar-refractivity contribution is 0.0951. The van der Waals surface area contributed by atoms with Crippen LogP contribution < -0.4 is 10.6 Å². The molecular weight excluding hydrogens is 283 g/mol. The van der Waals surface area contributed by atoms with Crippen LogP contribution in [-0.2, 0) is 0 Å². The van der Waals surface area contributed by atoms with Gasteiger partial charge >= 0.3 is 0 Å². The number of carbonyl (C=O) groups excluding carboxylic acids is 1. The SMILES string of the molecule is Cc1c(Cl)cccc1C(=O)NCCC1CCNC1.Cl. The molecule has 0 bridgehead atoms. The molecule has 0 aliphatic carbocycles. The van der Waals surface area contributed by atoms with Gasteiger partial charge in [-0.1, -0.05) is 17.7 Å². The summed E-state index contributed by atoms with van der Waals surface area (Å²) in [7, 11) is 0. The van der Waals surface area contributed by atoms with E-state index in [0.717, 1.165) is 31.6 Å². The Balaban J connectivity index is 0.00000180. The normalized spacial score (nSPS) is 17.9. The molecule has 1 atom stereocenters. The van der Waals surface area contributed by atoms with Crippen molar-refractivity contribution in [1.29, 1.82) is 0 Å². The molecule has 1 aromatic rings. The maximum atomic E-state index is 12.0. The largest absolute Gasteiger partial charge is 0.352 e. The minimum absolute atomic E-state index is 0. The molecule has 0 spiro atoms. The van der Waals surface area contributed by atoms with Gasteiger partial charge in [-0.25, -0.2) is 0 Å². The molecule has 2 rings (SSSR count). The summed E-state index contributed by atoms with van der Waals surface area (Å²) in [4.78, 5) is 12.0. The highest BCUT2D eigenvalue weighted by molar-refractivity contribution is 6.31. The number of benzene rings is 1. The van der Waals surface area contributed by atoms with Crippen molar-refractivity contribution in [1.82, 2.24) is 10.6 Å². The van der Waals surface area contributed by atoms with Crippen LogP contribution in [0.15, 0.2) is 18.2 Å². The van der Waals surface area contributed by atoms with E-state index in [4.69, 9.17) is 11.6 Å². The standard InChI is InChI=1S/C14H19ClN2O.ClH/c1-10-12(3-2-4-13(10)15)14(18)17-8-6-11-5-7-16-9-11;/h2-4,11,16H,5-9H2,1H3,(H,17,18);1H. The number of amides is 1. The Kier molecular flexibility index (Phi) is 6.63. The van der Waals surface area contributed by atoms with Gasteiger partial charge in [0, 0.05) is 17.1 Å². The van der Waals surface area contributed by atoms with E-state index in [2.05, 4.69) is 10.6 Å². The average Bonchev–Trinajstić information content (AvgIpc) is 2.85. The van der Waals surface area contributed by atoms with Gasteiger partial charge in [-0.2, -0.15) is 0 Å². The van der Waals surface area contributed by atoms with Crippen molar-refractivity contribution in [3.8, 4) is 0 Å². The van der Waals surface area contributed by atoms with Gasteiger partial charge in [0.05, 0.1) is 0 Å². The summed E-state index contributed by atoms with van der Waals surface area (Å²) in [6, 6.07) is 5.43. The Morgan fingerprint density at radius 3 is 3.00 bits per heavy atom. The zero-order valence-corrected chi connectivity index (χ0v) is 12.6. The van der Waals surface area contributed by atoms with Crippen LogP contribution in [0.5, 0.6) is 0 Å². The van der Waals surface area contributed by atoms with Gasteiger partial charge < -0.3 is 10.6 Å². The number of nitrogens with one attached hydrogen (secondary N) is 2. The summed E-state index contributed by atoms with van der Waals surface area (Å²) in [5, 5.41) is 6.94. The van der Waals surface area contributed by atoms with Gasteiger partial charge in [0.15, 0.2) is 0 Å². The molecule has 1 saturated heterocycles.